The number of aromatic carboxylic acids is 1. The summed E-state index contributed by atoms with van der Waals surface area (Å²) in [6.45, 7) is 0.988. The van der Waals surface area contributed by atoms with Crippen molar-refractivity contribution in [3.63, 3.8) is 0 Å². The molecule has 1 heterocycles. The Bertz CT molecular complexity index is 434. The molecule has 94 valence electrons. The van der Waals surface area contributed by atoms with Crippen molar-refractivity contribution in [2.45, 2.75) is 19.0 Å². The Kier molecular flexibility index (Phi) is 3.66. The Morgan fingerprint density at radius 1 is 1.47 bits per heavy atom. The first-order valence-electron chi connectivity index (χ1n) is 4.56. The zero-order valence-corrected chi connectivity index (χ0v) is 8.69. The van der Waals surface area contributed by atoms with Gasteiger partial charge in [-0.15, -0.1) is 0 Å². The van der Waals surface area contributed by atoms with Crippen molar-refractivity contribution in [1.29, 1.82) is 0 Å². The summed E-state index contributed by atoms with van der Waals surface area (Å²) in [4.78, 5) is 16.7. The minimum absolute atomic E-state index is 0.160. The van der Waals surface area contributed by atoms with Gasteiger partial charge in [0.2, 0.25) is 5.82 Å². The summed E-state index contributed by atoms with van der Waals surface area (Å²) in [6, 6.07) is 0.915. The zero-order valence-electron chi connectivity index (χ0n) is 8.69. The highest BCUT2D eigenvalue weighted by molar-refractivity contribution is 5.85. The molecular weight excluding hydrogens is 241 g/mol. The second kappa shape index (κ2) is 4.66. The van der Waals surface area contributed by atoms with Crippen LogP contribution < -0.4 is 0 Å². The number of aromatic nitrogens is 2. The highest BCUT2D eigenvalue weighted by atomic mass is 19.4. The van der Waals surface area contributed by atoms with Gasteiger partial charge in [-0.2, -0.15) is 13.2 Å². The van der Waals surface area contributed by atoms with E-state index in [-0.39, 0.29) is 5.69 Å². The molecule has 0 saturated heterocycles. The Labute approximate surface area is 93.9 Å². The topological polar surface area (TPSA) is 83.3 Å². The number of carboxylic acids is 1. The molecule has 2 N–H and O–H groups in total. The maximum absolute atomic E-state index is 12.4. The number of alkyl halides is 3. The standard InChI is InChI=1S/C9H9F3N2O3/c1-4(3-15)5-2-6(7(16)17)14-8(13-5)9(10,11)12/h2,4,15H,3H2,1H3,(H,16,17). The van der Waals surface area contributed by atoms with E-state index in [4.69, 9.17) is 10.2 Å². The molecule has 0 bridgehead atoms. The molecule has 1 unspecified atom stereocenters. The van der Waals surface area contributed by atoms with Gasteiger partial charge in [0.05, 0.1) is 12.3 Å². The van der Waals surface area contributed by atoms with Crippen LogP contribution in [-0.4, -0.2) is 32.8 Å². The van der Waals surface area contributed by atoms with Crippen molar-refractivity contribution < 1.29 is 28.2 Å². The van der Waals surface area contributed by atoms with Crippen molar-refractivity contribution >= 4 is 5.97 Å². The van der Waals surface area contributed by atoms with E-state index in [1.54, 1.807) is 0 Å². The first kappa shape index (κ1) is 13.4. The number of carboxylic acid groups (broad SMARTS) is 1. The van der Waals surface area contributed by atoms with Gasteiger partial charge in [-0.3, -0.25) is 0 Å². The predicted molar refractivity (Wildman–Crippen MR) is 49.5 cm³/mol. The molecule has 1 rings (SSSR count). The lowest BCUT2D eigenvalue weighted by Crippen LogP contribution is -2.17. The average Bonchev–Trinajstić information content (AvgIpc) is 2.26. The van der Waals surface area contributed by atoms with Crippen LogP contribution in [0, 0.1) is 0 Å². The summed E-state index contributed by atoms with van der Waals surface area (Å²) in [5.41, 5.74) is -0.908. The lowest BCUT2D eigenvalue weighted by atomic mass is 10.1. The molecule has 0 aliphatic heterocycles. The van der Waals surface area contributed by atoms with Gasteiger partial charge in [0.25, 0.3) is 0 Å². The molecule has 0 aliphatic rings. The Morgan fingerprint density at radius 2 is 2.06 bits per heavy atom. The number of rotatable bonds is 3. The van der Waals surface area contributed by atoms with Crippen molar-refractivity contribution in [3.05, 3.63) is 23.3 Å². The minimum Gasteiger partial charge on any atom is -0.477 e. The summed E-state index contributed by atoms with van der Waals surface area (Å²) in [5.74, 6) is -3.80. The number of nitrogens with zero attached hydrogens (tertiary/aromatic N) is 2. The molecule has 1 aromatic rings. The second-order valence-corrected chi connectivity index (χ2v) is 3.39. The third-order valence-electron chi connectivity index (χ3n) is 2.00. The van der Waals surface area contributed by atoms with E-state index >= 15 is 0 Å². The van der Waals surface area contributed by atoms with Gasteiger partial charge >= 0.3 is 12.1 Å². The van der Waals surface area contributed by atoms with Crippen LogP contribution in [0.3, 0.4) is 0 Å². The monoisotopic (exact) mass is 250 g/mol. The fraction of sp³-hybridized carbons (Fsp3) is 0.444. The van der Waals surface area contributed by atoms with Gasteiger partial charge in [0, 0.05) is 5.92 Å². The lowest BCUT2D eigenvalue weighted by molar-refractivity contribution is -0.145. The van der Waals surface area contributed by atoms with E-state index in [0.717, 1.165) is 6.07 Å². The highest BCUT2D eigenvalue weighted by Gasteiger charge is 2.36. The molecule has 0 aliphatic carbocycles. The summed E-state index contributed by atoms with van der Waals surface area (Å²) in [7, 11) is 0. The van der Waals surface area contributed by atoms with Gasteiger partial charge < -0.3 is 10.2 Å². The number of halogens is 3. The predicted octanol–water partition coefficient (Wildman–Crippen LogP) is 1.29. The molecule has 0 saturated carbocycles. The molecule has 0 spiro atoms. The SMILES string of the molecule is CC(CO)c1cc(C(=O)O)nc(C(F)(F)F)n1. The largest absolute Gasteiger partial charge is 0.477 e. The fourth-order valence-electron chi connectivity index (χ4n) is 1.05. The number of hydrogen-bond acceptors (Lipinski definition) is 4. The average molecular weight is 250 g/mol. The molecule has 0 radical (unpaired) electrons. The smallest absolute Gasteiger partial charge is 0.451 e. The van der Waals surface area contributed by atoms with Gasteiger partial charge in [-0.05, 0) is 6.07 Å². The van der Waals surface area contributed by atoms with Crippen LogP contribution in [0.4, 0.5) is 13.2 Å². The molecule has 8 heteroatoms. The Hall–Kier alpha value is -1.70. The molecule has 1 aromatic heterocycles. The van der Waals surface area contributed by atoms with Gasteiger partial charge in [0.15, 0.2) is 5.69 Å². The third kappa shape index (κ3) is 3.13. The first-order valence-corrected chi connectivity index (χ1v) is 4.56. The van der Waals surface area contributed by atoms with Crippen molar-refractivity contribution in [2.24, 2.45) is 0 Å². The summed E-state index contributed by atoms with van der Waals surface area (Å²) in [6.07, 6.45) is -4.82. The summed E-state index contributed by atoms with van der Waals surface area (Å²) in [5, 5.41) is 17.5. The van der Waals surface area contributed by atoms with Crippen molar-refractivity contribution in [3.8, 4) is 0 Å². The van der Waals surface area contributed by atoms with Crippen molar-refractivity contribution in [2.75, 3.05) is 6.61 Å². The maximum Gasteiger partial charge on any atom is 0.451 e. The number of carbonyl (C=O) groups is 1. The van der Waals surface area contributed by atoms with Gasteiger partial charge in [-0.25, -0.2) is 14.8 Å². The van der Waals surface area contributed by atoms with Crippen LogP contribution in [0.1, 0.15) is 34.8 Å². The van der Waals surface area contributed by atoms with Crippen molar-refractivity contribution in [1.82, 2.24) is 9.97 Å². The first-order chi connectivity index (χ1) is 7.75. The van der Waals surface area contributed by atoms with E-state index in [1.807, 2.05) is 0 Å². The molecule has 17 heavy (non-hydrogen) atoms. The number of hydrogen-bond donors (Lipinski definition) is 2. The zero-order chi connectivity index (χ0) is 13.2. The second-order valence-electron chi connectivity index (χ2n) is 3.39. The van der Waals surface area contributed by atoms with Gasteiger partial charge in [-0.1, -0.05) is 6.92 Å². The molecule has 1 atom stereocenters. The third-order valence-corrected chi connectivity index (χ3v) is 2.00. The highest BCUT2D eigenvalue weighted by Crippen LogP contribution is 2.27. The number of aliphatic hydroxyl groups excluding tert-OH is 1. The molecular formula is C9H9F3N2O3. The van der Waals surface area contributed by atoms with E-state index in [0.29, 0.717) is 0 Å². The molecule has 5 nitrogen and oxygen atoms in total. The fourth-order valence-corrected chi connectivity index (χ4v) is 1.05. The van der Waals surface area contributed by atoms with Crippen LogP contribution in [-0.2, 0) is 6.18 Å². The van der Waals surface area contributed by atoms with E-state index < -0.39 is 36.2 Å². The normalized spacial score (nSPS) is 13.5. The quantitative estimate of drug-likeness (QED) is 0.844. The summed E-state index contributed by atoms with van der Waals surface area (Å²) < 4.78 is 37.2. The van der Waals surface area contributed by atoms with Crippen LogP contribution in [0.25, 0.3) is 0 Å². The Balaban J connectivity index is 3.34. The van der Waals surface area contributed by atoms with Crippen LogP contribution in [0.5, 0.6) is 0 Å². The van der Waals surface area contributed by atoms with Gasteiger partial charge in [0.1, 0.15) is 0 Å². The van der Waals surface area contributed by atoms with E-state index in [9.17, 15) is 18.0 Å². The van der Waals surface area contributed by atoms with Crippen LogP contribution in [0.15, 0.2) is 6.07 Å². The lowest BCUT2D eigenvalue weighted by Gasteiger charge is -2.11. The van der Waals surface area contributed by atoms with Crippen LogP contribution in [0.2, 0.25) is 0 Å². The summed E-state index contributed by atoms with van der Waals surface area (Å²) >= 11 is 0. The van der Waals surface area contributed by atoms with E-state index in [1.165, 1.54) is 6.92 Å². The van der Waals surface area contributed by atoms with E-state index in [2.05, 4.69) is 9.97 Å². The minimum atomic E-state index is -4.82. The molecule has 0 aromatic carbocycles. The Morgan fingerprint density at radius 3 is 2.47 bits per heavy atom. The molecule has 0 amide bonds. The molecule has 0 fully saturated rings. The number of aliphatic hydroxyl groups is 1. The maximum atomic E-state index is 12.4. The van der Waals surface area contributed by atoms with Crippen LogP contribution >= 0.6 is 0 Å².